The number of rotatable bonds is 6. The van der Waals surface area contributed by atoms with Crippen molar-refractivity contribution in [3.63, 3.8) is 0 Å². The van der Waals surface area contributed by atoms with Gasteiger partial charge in [-0.1, -0.05) is 0 Å². The van der Waals surface area contributed by atoms with Gasteiger partial charge in [-0.2, -0.15) is 0 Å². The molecule has 0 saturated heterocycles. The summed E-state index contributed by atoms with van der Waals surface area (Å²) < 4.78 is 0.271. The number of hydrogen-bond acceptors (Lipinski definition) is 1. The first-order valence-electron chi connectivity index (χ1n) is 7.20. The van der Waals surface area contributed by atoms with Gasteiger partial charge in [-0.05, 0) is 0 Å². The molecule has 108 valence electrons. The maximum atomic E-state index is 4.17. The van der Waals surface area contributed by atoms with Crippen LogP contribution in [-0.2, 0) is 0 Å². The van der Waals surface area contributed by atoms with E-state index in [-0.39, 0.29) is 4.75 Å². The van der Waals surface area contributed by atoms with Gasteiger partial charge in [0, 0.05) is 0 Å². The molecular weight excluding hydrogens is 247 g/mol. The molecule has 0 radical (unpaired) electrons. The average molecular weight is 278 g/mol. The molecule has 0 nitrogen and oxygen atoms in total. The molecule has 0 spiro atoms. The first-order chi connectivity index (χ1) is 8.49. The summed E-state index contributed by atoms with van der Waals surface area (Å²) in [6, 6.07) is 0. The maximum absolute atomic E-state index is 4.17. The molecule has 19 heavy (non-hydrogen) atoms. The molecule has 0 bridgehead atoms. The summed E-state index contributed by atoms with van der Waals surface area (Å²) in [4.78, 5) is 1.28. The van der Waals surface area contributed by atoms with E-state index in [4.69, 9.17) is 0 Å². The third kappa shape index (κ3) is 14.0. The fraction of sp³-hybridized carbons (Fsp3) is 0.706. The van der Waals surface area contributed by atoms with Gasteiger partial charge in [0.15, 0.2) is 0 Å². The van der Waals surface area contributed by atoms with E-state index < -0.39 is 0 Å². The molecule has 0 amide bonds. The monoisotopic (exact) mass is 278 g/mol. The summed E-state index contributed by atoms with van der Waals surface area (Å²) in [6.45, 7) is 22.1. The van der Waals surface area contributed by atoms with Crippen molar-refractivity contribution in [2.45, 2.75) is 66.1 Å². The quantitative estimate of drug-likeness (QED) is 0.577. The number of hydrogen-bond donors (Lipinski definition) is 0. The van der Waals surface area contributed by atoms with Crippen LogP contribution in [0.2, 0.25) is 0 Å². The van der Waals surface area contributed by atoms with Crippen LogP contribution >= 0.6 is 11.8 Å². The van der Waals surface area contributed by atoms with E-state index in [2.05, 4.69) is 80.0 Å². The van der Waals surface area contributed by atoms with Crippen LogP contribution < -0.4 is 0 Å². The van der Waals surface area contributed by atoms with Crippen molar-refractivity contribution >= 4 is 24.6 Å². The Morgan fingerprint density at radius 1 is 1.21 bits per heavy atom. The van der Waals surface area contributed by atoms with E-state index in [9.17, 15) is 0 Å². The average Bonchev–Trinajstić information content (AvgIpc) is 2.11. The fourth-order valence-corrected chi connectivity index (χ4v) is 2.87. The Kier molecular flexibility index (Phi) is 8.04. The van der Waals surface area contributed by atoms with Gasteiger partial charge in [0.1, 0.15) is 0 Å². The Morgan fingerprint density at radius 2 is 1.79 bits per heavy atom. The second-order valence-corrected chi connectivity index (χ2v) is 9.52. The first-order valence-corrected chi connectivity index (χ1v) is 8.01. The zero-order valence-electron chi connectivity index (χ0n) is 13.9. The summed E-state index contributed by atoms with van der Waals surface area (Å²) in [5.74, 6) is 4.98. The van der Waals surface area contributed by atoms with Gasteiger partial charge >= 0.3 is 126 Å². The second kappa shape index (κ2) is 8.14. The Hall–Kier alpha value is -0.235. The molecule has 0 aromatic heterocycles. The van der Waals surface area contributed by atoms with Crippen molar-refractivity contribution in [3.8, 4) is 0 Å². The normalized spacial score (nSPS) is 14.9. The van der Waals surface area contributed by atoms with Crippen LogP contribution in [0.15, 0.2) is 23.5 Å². The third-order valence-electron chi connectivity index (χ3n) is 2.42. The van der Waals surface area contributed by atoms with Crippen molar-refractivity contribution in [1.29, 1.82) is 0 Å². The molecule has 0 N–H and O–H groups in total. The van der Waals surface area contributed by atoms with Crippen molar-refractivity contribution in [2.24, 2.45) is 11.3 Å². The van der Waals surface area contributed by atoms with E-state index in [1.54, 1.807) is 0 Å². The second-order valence-electron chi connectivity index (χ2n) is 7.51. The predicted octanol–water partition coefficient (Wildman–Crippen LogP) is 5.51. The van der Waals surface area contributed by atoms with Gasteiger partial charge in [-0.25, -0.2) is 0 Å². The summed E-state index contributed by atoms with van der Waals surface area (Å²) in [5, 5.41) is 0. The first kappa shape index (κ1) is 18.8. The van der Waals surface area contributed by atoms with Crippen molar-refractivity contribution in [2.75, 3.05) is 0 Å². The van der Waals surface area contributed by atoms with Gasteiger partial charge < -0.3 is 0 Å². The van der Waals surface area contributed by atoms with Gasteiger partial charge in [-0.15, -0.1) is 0 Å². The van der Waals surface area contributed by atoms with Gasteiger partial charge in [0.05, 0.1) is 0 Å². The van der Waals surface area contributed by atoms with Crippen LogP contribution in [0, 0.1) is 11.3 Å². The molecular formula is C17H31BS. The van der Waals surface area contributed by atoms with Crippen LogP contribution in [0.3, 0.4) is 0 Å². The molecule has 0 aliphatic rings. The Bertz CT molecular complexity index is 326. The van der Waals surface area contributed by atoms with Crippen molar-refractivity contribution in [3.05, 3.63) is 23.5 Å². The third-order valence-corrected chi connectivity index (χ3v) is 3.48. The number of allylic oxidation sites excluding steroid dienone is 2. The van der Waals surface area contributed by atoms with Crippen LogP contribution in [0.1, 0.15) is 61.3 Å². The SMILES string of the molecule is C=C(CC(C)/C=C\B=C/CC(C)(C)C)SC(C)(C)C. The van der Waals surface area contributed by atoms with Crippen molar-refractivity contribution in [1.82, 2.24) is 0 Å². The topological polar surface area (TPSA) is 0 Å². The van der Waals surface area contributed by atoms with Gasteiger partial charge in [0.2, 0.25) is 0 Å². The summed E-state index contributed by atoms with van der Waals surface area (Å²) >= 11 is 1.89. The number of thioether (sulfide) groups is 1. The molecule has 2 heteroatoms. The summed E-state index contributed by atoms with van der Waals surface area (Å²) in [5.41, 5.74) is 0.383. The van der Waals surface area contributed by atoms with E-state index in [0.717, 1.165) is 12.8 Å². The van der Waals surface area contributed by atoms with Crippen molar-refractivity contribution < 1.29 is 0 Å². The Labute approximate surface area is 126 Å². The van der Waals surface area contributed by atoms with E-state index in [1.807, 2.05) is 11.8 Å². The molecule has 0 heterocycles. The molecule has 0 aromatic carbocycles. The molecule has 0 aliphatic carbocycles. The minimum atomic E-state index is 0.271. The summed E-state index contributed by atoms with van der Waals surface area (Å²) in [7, 11) is 0. The predicted molar refractivity (Wildman–Crippen MR) is 95.3 cm³/mol. The van der Waals surface area contributed by atoms with Crippen LogP contribution in [0.5, 0.6) is 0 Å². The Morgan fingerprint density at radius 3 is 2.26 bits per heavy atom. The van der Waals surface area contributed by atoms with E-state index >= 15 is 0 Å². The van der Waals surface area contributed by atoms with Crippen LogP contribution in [0.4, 0.5) is 0 Å². The molecule has 0 saturated carbocycles. The molecule has 1 unspecified atom stereocenters. The molecule has 0 fully saturated rings. The fourth-order valence-electron chi connectivity index (χ4n) is 1.66. The molecule has 0 aromatic rings. The van der Waals surface area contributed by atoms with E-state index in [0.29, 0.717) is 11.3 Å². The summed E-state index contributed by atoms with van der Waals surface area (Å²) in [6.07, 6.45) is 4.46. The van der Waals surface area contributed by atoms with Gasteiger partial charge in [-0.3, -0.25) is 0 Å². The standard InChI is InChI=1S/C17H31BS/c1-14(13-15(2)19-17(6,7)8)9-11-18-12-10-16(3,4)5/h9,11-12,14H,2,10,13H2,1,3-8H3/b11-9-. The minimum absolute atomic E-state index is 0.271. The zero-order chi connectivity index (χ0) is 15.1. The molecule has 1 atom stereocenters. The van der Waals surface area contributed by atoms with E-state index in [1.165, 1.54) is 4.91 Å². The molecule has 0 rings (SSSR count). The van der Waals surface area contributed by atoms with Crippen LogP contribution in [-0.4, -0.2) is 17.6 Å². The zero-order valence-corrected chi connectivity index (χ0v) is 14.7. The molecule has 0 aliphatic heterocycles. The van der Waals surface area contributed by atoms with Crippen LogP contribution in [0.25, 0.3) is 0 Å². The van der Waals surface area contributed by atoms with Gasteiger partial charge in [0.25, 0.3) is 0 Å². The Balaban J connectivity index is 4.04.